The summed E-state index contributed by atoms with van der Waals surface area (Å²) in [6.07, 6.45) is 1.16. The predicted molar refractivity (Wildman–Crippen MR) is 102 cm³/mol. The molecule has 0 aliphatic heterocycles. The van der Waals surface area contributed by atoms with Gasteiger partial charge in [0.25, 0.3) is 0 Å². The molecule has 0 fully saturated rings. The van der Waals surface area contributed by atoms with Crippen LogP contribution in [0.15, 0.2) is 53.4 Å². The Hall–Kier alpha value is -2.95. The van der Waals surface area contributed by atoms with Gasteiger partial charge in [0.1, 0.15) is 12.2 Å². The topological polar surface area (TPSA) is 96.0 Å². The maximum atomic E-state index is 11.7. The van der Waals surface area contributed by atoms with E-state index in [9.17, 15) is 13.5 Å². The fourth-order valence-electron chi connectivity index (χ4n) is 2.94. The van der Waals surface area contributed by atoms with Crippen molar-refractivity contribution in [3.8, 4) is 28.5 Å². The number of sulfone groups is 1. The summed E-state index contributed by atoms with van der Waals surface area (Å²) < 4.78 is 24.9. The van der Waals surface area contributed by atoms with Crippen molar-refractivity contribution in [3.05, 3.63) is 59.8 Å². The molecule has 0 aliphatic rings. The number of aliphatic hydroxyl groups excluding tert-OH is 1. The first-order valence-electron chi connectivity index (χ1n) is 8.30. The summed E-state index contributed by atoms with van der Waals surface area (Å²) in [5, 5.41) is 23.5. The molecule has 2 aromatic carbocycles. The van der Waals surface area contributed by atoms with E-state index in [2.05, 4.69) is 11.2 Å². The molecule has 1 N–H and O–H groups in total. The second-order valence-electron chi connectivity index (χ2n) is 6.31. The normalized spacial score (nSPS) is 11.3. The average Bonchev–Trinajstić information content (AvgIpc) is 3.00. The fourth-order valence-corrected chi connectivity index (χ4v) is 3.57. The van der Waals surface area contributed by atoms with Gasteiger partial charge in [0.2, 0.25) is 0 Å². The Balaban J connectivity index is 2.22. The van der Waals surface area contributed by atoms with Crippen molar-refractivity contribution in [2.75, 3.05) is 6.26 Å². The van der Waals surface area contributed by atoms with E-state index in [1.54, 1.807) is 12.1 Å². The molecule has 0 unspecified atom stereocenters. The van der Waals surface area contributed by atoms with Gasteiger partial charge >= 0.3 is 0 Å². The second-order valence-corrected chi connectivity index (χ2v) is 8.32. The molecule has 7 heteroatoms. The van der Waals surface area contributed by atoms with Gasteiger partial charge in [-0.1, -0.05) is 42.0 Å². The molecular weight excluding hydrogens is 362 g/mol. The number of hydrogen-bond acceptors (Lipinski definition) is 5. The number of rotatable bonds is 5. The molecule has 0 saturated carbocycles. The molecule has 0 aliphatic carbocycles. The number of aliphatic hydroxyl groups is 1. The highest BCUT2D eigenvalue weighted by Gasteiger charge is 2.20. The summed E-state index contributed by atoms with van der Waals surface area (Å²) in [6, 6.07) is 16.3. The van der Waals surface area contributed by atoms with Crippen molar-refractivity contribution in [3.63, 3.8) is 0 Å². The smallest absolute Gasteiger partial charge is 0.175 e. The standard InChI is InChI=1S/C20H19N3O3S/c1-14-3-5-15(6-4-14)19-18(13-24)23(12-11-21)22-20(19)16-7-9-17(10-8-16)27(2,25)26/h3-10,24H,12-13H2,1-2H3. The SMILES string of the molecule is Cc1ccc(-c2c(-c3ccc(S(C)(=O)=O)cc3)nn(CC#N)c2CO)cc1. The van der Waals surface area contributed by atoms with Crippen molar-refractivity contribution in [1.29, 1.82) is 5.26 Å². The zero-order valence-corrected chi connectivity index (χ0v) is 15.9. The van der Waals surface area contributed by atoms with Gasteiger partial charge in [-0.3, -0.25) is 4.68 Å². The zero-order chi connectivity index (χ0) is 19.6. The number of nitriles is 1. The summed E-state index contributed by atoms with van der Waals surface area (Å²) in [7, 11) is -3.29. The Morgan fingerprint density at radius 2 is 1.67 bits per heavy atom. The zero-order valence-electron chi connectivity index (χ0n) is 15.0. The average molecular weight is 381 g/mol. The van der Waals surface area contributed by atoms with Crippen LogP contribution in [0.2, 0.25) is 0 Å². The lowest BCUT2D eigenvalue weighted by molar-refractivity contribution is 0.270. The van der Waals surface area contributed by atoms with Gasteiger partial charge in [-0.15, -0.1) is 0 Å². The highest BCUT2D eigenvalue weighted by Crippen LogP contribution is 2.35. The van der Waals surface area contributed by atoms with Crippen LogP contribution in [0.25, 0.3) is 22.4 Å². The lowest BCUT2D eigenvalue weighted by atomic mass is 9.98. The van der Waals surface area contributed by atoms with Crippen molar-refractivity contribution in [2.24, 2.45) is 0 Å². The predicted octanol–water partition coefficient (Wildman–Crippen LogP) is 2.94. The van der Waals surface area contributed by atoms with Crippen LogP contribution in [-0.4, -0.2) is 29.6 Å². The van der Waals surface area contributed by atoms with Gasteiger partial charge < -0.3 is 5.11 Å². The van der Waals surface area contributed by atoms with E-state index in [-0.39, 0.29) is 18.0 Å². The number of hydrogen-bond donors (Lipinski definition) is 1. The first kappa shape index (κ1) is 18.8. The third-order valence-electron chi connectivity index (χ3n) is 4.32. The van der Waals surface area contributed by atoms with Crippen LogP contribution in [0.1, 0.15) is 11.3 Å². The van der Waals surface area contributed by atoms with E-state index in [0.717, 1.165) is 22.9 Å². The maximum Gasteiger partial charge on any atom is 0.175 e. The Bertz CT molecular complexity index is 1110. The Morgan fingerprint density at radius 1 is 1.07 bits per heavy atom. The van der Waals surface area contributed by atoms with Gasteiger partial charge in [-0.25, -0.2) is 8.42 Å². The van der Waals surface area contributed by atoms with Gasteiger partial charge in [-0.2, -0.15) is 10.4 Å². The van der Waals surface area contributed by atoms with Crippen molar-refractivity contribution in [2.45, 2.75) is 25.0 Å². The highest BCUT2D eigenvalue weighted by atomic mass is 32.2. The van der Waals surface area contributed by atoms with E-state index in [1.807, 2.05) is 31.2 Å². The largest absolute Gasteiger partial charge is 0.390 e. The number of benzene rings is 2. The number of aryl methyl sites for hydroxylation is 1. The molecule has 1 heterocycles. The quantitative estimate of drug-likeness (QED) is 0.733. The van der Waals surface area contributed by atoms with E-state index in [1.165, 1.54) is 16.8 Å². The Morgan fingerprint density at radius 3 is 2.19 bits per heavy atom. The van der Waals surface area contributed by atoms with Crippen LogP contribution < -0.4 is 0 Å². The minimum Gasteiger partial charge on any atom is -0.390 e. The first-order chi connectivity index (χ1) is 12.8. The lowest BCUT2D eigenvalue weighted by Crippen LogP contribution is -2.04. The van der Waals surface area contributed by atoms with Gasteiger partial charge in [0, 0.05) is 17.4 Å². The highest BCUT2D eigenvalue weighted by molar-refractivity contribution is 7.90. The molecule has 3 aromatic rings. The monoisotopic (exact) mass is 381 g/mol. The first-order valence-corrected chi connectivity index (χ1v) is 10.2. The van der Waals surface area contributed by atoms with Crippen LogP contribution in [0, 0.1) is 18.3 Å². The molecule has 0 radical (unpaired) electrons. The van der Waals surface area contributed by atoms with Crippen LogP contribution >= 0.6 is 0 Å². The van der Waals surface area contributed by atoms with E-state index in [0.29, 0.717) is 17.0 Å². The summed E-state index contributed by atoms with van der Waals surface area (Å²) in [5.74, 6) is 0. The molecule has 1 aromatic heterocycles. The maximum absolute atomic E-state index is 11.7. The van der Waals surface area contributed by atoms with Crippen molar-refractivity contribution in [1.82, 2.24) is 9.78 Å². The molecule has 0 bridgehead atoms. The lowest BCUT2D eigenvalue weighted by Gasteiger charge is -2.07. The van der Waals surface area contributed by atoms with E-state index in [4.69, 9.17) is 5.26 Å². The second kappa shape index (κ2) is 7.35. The molecule has 138 valence electrons. The van der Waals surface area contributed by atoms with Gasteiger partial charge in [0.15, 0.2) is 9.84 Å². The van der Waals surface area contributed by atoms with Crippen molar-refractivity contribution < 1.29 is 13.5 Å². The van der Waals surface area contributed by atoms with Crippen LogP contribution in [0.5, 0.6) is 0 Å². The summed E-state index contributed by atoms with van der Waals surface area (Å²) in [6.45, 7) is 1.73. The molecule has 0 atom stereocenters. The third-order valence-corrected chi connectivity index (χ3v) is 5.45. The molecule has 0 spiro atoms. The number of nitrogens with zero attached hydrogens (tertiary/aromatic N) is 3. The molecule has 0 saturated heterocycles. The van der Waals surface area contributed by atoms with Gasteiger partial charge in [-0.05, 0) is 24.6 Å². The summed E-state index contributed by atoms with van der Waals surface area (Å²) in [5.41, 5.74) is 4.56. The molecule has 3 rings (SSSR count). The number of aromatic nitrogens is 2. The Labute approximate surface area is 158 Å². The minimum atomic E-state index is -3.29. The third kappa shape index (κ3) is 3.77. The fraction of sp³-hybridized carbons (Fsp3) is 0.200. The molecule has 27 heavy (non-hydrogen) atoms. The van der Waals surface area contributed by atoms with Crippen LogP contribution in [0.3, 0.4) is 0 Å². The van der Waals surface area contributed by atoms with E-state index >= 15 is 0 Å². The molecule has 0 amide bonds. The van der Waals surface area contributed by atoms with Gasteiger partial charge in [0.05, 0.1) is 23.3 Å². The Kier molecular flexibility index (Phi) is 5.13. The van der Waals surface area contributed by atoms with Crippen LogP contribution in [-0.2, 0) is 23.0 Å². The molecular formula is C20H19N3O3S. The van der Waals surface area contributed by atoms with E-state index < -0.39 is 9.84 Å². The summed E-state index contributed by atoms with van der Waals surface area (Å²) >= 11 is 0. The minimum absolute atomic E-state index is 0.0101. The van der Waals surface area contributed by atoms with Crippen LogP contribution in [0.4, 0.5) is 0 Å². The summed E-state index contributed by atoms with van der Waals surface area (Å²) in [4.78, 5) is 0.224. The van der Waals surface area contributed by atoms with Crippen molar-refractivity contribution >= 4 is 9.84 Å². The molecule has 6 nitrogen and oxygen atoms in total.